The van der Waals surface area contributed by atoms with E-state index in [0.29, 0.717) is 13.0 Å². The summed E-state index contributed by atoms with van der Waals surface area (Å²) in [5, 5.41) is 33.5. The molecule has 21 heteroatoms. The summed E-state index contributed by atoms with van der Waals surface area (Å²) in [6.07, 6.45) is -0.0264. The maximum absolute atomic E-state index is 12.6. The highest BCUT2D eigenvalue weighted by molar-refractivity contribution is 5.89. The molecule has 55 heavy (non-hydrogen) atoms. The maximum atomic E-state index is 12.6. The van der Waals surface area contributed by atoms with Crippen LogP contribution < -0.4 is 31.9 Å². The van der Waals surface area contributed by atoms with Crippen LogP contribution in [-0.4, -0.2) is 162 Å². The zero-order chi connectivity index (χ0) is 41.4. The van der Waals surface area contributed by atoms with E-state index in [2.05, 4.69) is 31.9 Å². The summed E-state index contributed by atoms with van der Waals surface area (Å²) >= 11 is 0. The molecule has 0 aliphatic carbocycles. The van der Waals surface area contributed by atoms with E-state index in [1.165, 1.54) is 0 Å². The van der Waals surface area contributed by atoms with Crippen LogP contribution in [0.3, 0.4) is 0 Å². The van der Waals surface area contributed by atoms with Gasteiger partial charge in [0.25, 0.3) is 0 Å². The van der Waals surface area contributed by atoms with Gasteiger partial charge in [-0.05, 0) is 25.7 Å². The molecule has 0 aromatic heterocycles. The second kappa shape index (κ2) is 31.9. The van der Waals surface area contributed by atoms with Gasteiger partial charge in [0.2, 0.25) is 35.4 Å². The van der Waals surface area contributed by atoms with Crippen LogP contribution in [-0.2, 0) is 62.0 Å². The standard InChI is InChI=1S/C34H60N6O15/c1-5-23(3)32(47)40-26(34(49)50)7-9-27(41)39-25(8-10-31(45)46)33(48)36-12-14-53-16-17-54-21-29(43)35-11-13-52-15-18-55-22-30(44)38-20-28(42)37-19-24(6-2)51-4/h23-26H,5-22H2,1-4H3,(H,35,43)(H,36,48)(H,37,42)(H,38,44)(H,39,41)(H,40,47)(H,45,46)(H,49,50)/t23?,24?,25-,26-/m0/s1. The van der Waals surface area contributed by atoms with Crippen molar-refractivity contribution in [2.75, 3.05) is 86.1 Å². The lowest BCUT2D eigenvalue weighted by atomic mass is 10.1. The van der Waals surface area contributed by atoms with Crippen LogP contribution in [0.15, 0.2) is 0 Å². The fourth-order valence-corrected chi connectivity index (χ4v) is 4.20. The fourth-order valence-electron chi connectivity index (χ4n) is 4.20. The predicted octanol–water partition coefficient (Wildman–Crippen LogP) is -2.31. The molecule has 0 spiro atoms. The van der Waals surface area contributed by atoms with Crippen molar-refractivity contribution in [2.24, 2.45) is 5.92 Å². The third kappa shape index (κ3) is 27.7. The largest absolute Gasteiger partial charge is 0.481 e. The summed E-state index contributed by atoms with van der Waals surface area (Å²) in [6.45, 7) is 6.02. The number of amides is 6. The van der Waals surface area contributed by atoms with E-state index in [4.69, 9.17) is 28.8 Å². The van der Waals surface area contributed by atoms with Gasteiger partial charge in [-0.2, -0.15) is 0 Å². The lowest BCUT2D eigenvalue weighted by Gasteiger charge is -2.20. The van der Waals surface area contributed by atoms with Gasteiger partial charge in [0.1, 0.15) is 25.3 Å². The molecule has 0 aromatic rings. The highest BCUT2D eigenvalue weighted by Crippen LogP contribution is 2.06. The van der Waals surface area contributed by atoms with E-state index in [1.54, 1.807) is 21.0 Å². The van der Waals surface area contributed by atoms with E-state index in [9.17, 15) is 43.5 Å². The summed E-state index contributed by atoms with van der Waals surface area (Å²) in [6, 6.07) is -2.51. The van der Waals surface area contributed by atoms with E-state index in [-0.39, 0.29) is 110 Å². The van der Waals surface area contributed by atoms with Gasteiger partial charge in [-0.3, -0.25) is 33.6 Å². The summed E-state index contributed by atoms with van der Waals surface area (Å²) in [5.74, 6) is -5.88. The number of ether oxygens (including phenoxy) is 5. The summed E-state index contributed by atoms with van der Waals surface area (Å²) in [5.41, 5.74) is 0. The molecular formula is C34H60N6O15. The average molecular weight is 793 g/mol. The molecule has 0 aromatic carbocycles. The number of hydrogen-bond donors (Lipinski definition) is 8. The van der Waals surface area contributed by atoms with Crippen molar-refractivity contribution in [3.8, 4) is 0 Å². The molecule has 0 bridgehead atoms. The molecule has 0 aliphatic rings. The van der Waals surface area contributed by atoms with Crippen molar-refractivity contribution in [1.82, 2.24) is 31.9 Å². The van der Waals surface area contributed by atoms with Gasteiger partial charge >= 0.3 is 11.9 Å². The molecule has 0 saturated carbocycles. The normalized spacial score (nSPS) is 13.0. The maximum Gasteiger partial charge on any atom is 0.326 e. The predicted molar refractivity (Wildman–Crippen MR) is 193 cm³/mol. The number of carboxylic acids is 2. The Morgan fingerprint density at radius 3 is 1.69 bits per heavy atom. The Hall–Kier alpha value is -4.44. The van der Waals surface area contributed by atoms with Crippen molar-refractivity contribution in [1.29, 1.82) is 0 Å². The molecule has 0 radical (unpaired) electrons. The third-order valence-corrected chi connectivity index (χ3v) is 7.72. The SMILES string of the molecule is CCC(CNC(=O)CNC(=O)COCCOCCNC(=O)COCCOCCNC(=O)[C@H](CCC(=O)O)NC(=O)CC[C@H](NC(=O)C(C)CC)C(=O)O)OC. The minimum Gasteiger partial charge on any atom is -0.481 e. The first-order valence-corrected chi connectivity index (χ1v) is 18.2. The first-order valence-electron chi connectivity index (χ1n) is 18.2. The van der Waals surface area contributed by atoms with Gasteiger partial charge in [-0.15, -0.1) is 0 Å². The van der Waals surface area contributed by atoms with Gasteiger partial charge in [0, 0.05) is 45.5 Å². The molecule has 4 atom stereocenters. The first-order chi connectivity index (χ1) is 26.2. The van der Waals surface area contributed by atoms with Crippen LogP contribution in [0.5, 0.6) is 0 Å². The van der Waals surface area contributed by atoms with Crippen LogP contribution in [0.1, 0.15) is 59.3 Å². The lowest BCUT2D eigenvalue weighted by molar-refractivity contribution is -0.143. The number of hydrogen-bond acceptors (Lipinski definition) is 13. The number of carbonyl (C=O) groups excluding carboxylic acids is 6. The van der Waals surface area contributed by atoms with Gasteiger partial charge in [-0.1, -0.05) is 20.8 Å². The molecule has 6 amide bonds. The molecule has 21 nitrogen and oxygen atoms in total. The molecule has 0 fully saturated rings. The average Bonchev–Trinajstić information content (AvgIpc) is 3.15. The highest BCUT2D eigenvalue weighted by Gasteiger charge is 2.25. The Morgan fingerprint density at radius 2 is 1.15 bits per heavy atom. The summed E-state index contributed by atoms with van der Waals surface area (Å²) in [7, 11) is 1.56. The van der Waals surface area contributed by atoms with Crippen molar-refractivity contribution in [2.45, 2.75) is 77.5 Å². The molecule has 8 N–H and O–H groups in total. The van der Waals surface area contributed by atoms with E-state index in [1.807, 2.05) is 6.92 Å². The van der Waals surface area contributed by atoms with Gasteiger partial charge in [-0.25, -0.2) is 4.79 Å². The smallest absolute Gasteiger partial charge is 0.326 e. The van der Waals surface area contributed by atoms with Crippen LogP contribution in [0.2, 0.25) is 0 Å². The Balaban J connectivity index is 4.09. The minimum absolute atomic E-state index is 0.0215. The molecule has 316 valence electrons. The molecule has 0 aliphatic heterocycles. The topological polar surface area (TPSA) is 295 Å². The zero-order valence-corrected chi connectivity index (χ0v) is 32.2. The number of nitrogens with one attached hydrogen (secondary N) is 6. The Kier molecular flexibility index (Phi) is 29.3. The quantitative estimate of drug-likeness (QED) is 0.0318. The van der Waals surface area contributed by atoms with Crippen LogP contribution in [0, 0.1) is 5.92 Å². The molecular weight excluding hydrogens is 732 g/mol. The van der Waals surface area contributed by atoms with Crippen LogP contribution in [0.4, 0.5) is 0 Å². The van der Waals surface area contributed by atoms with Crippen LogP contribution in [0.25, 0.3) is 0 Å². The van der Waals surface area contributed by atoms with Crippen LogP contribution >= 0.6 is 0 Å². The van der Waals surface area contributed by atoms with Gasteiger partial charge in [0.05, 0.1) is 52.3 Å². The summed E-state index contributed by atoms with van der Waals surface area (Å²) in [4.78, 5) is 95.2. The molecule has 2 unspecified atom stereocenters. The highest BCUT2D eigenvalue weighted by atomic mass is 16.5. The van der Waals surface area contributed by atoms with Crippen molar-refractivity contribution < 1.29 is 72.3 Å². The summed E-state index contributed by atoms with van der Waals surface area (Å²) < 4.78 is 26.3. The lowest BCUT2D eigenvalue weighted by Crippen LogP contribution is -2.48. The number of carboxylic acid groups (broad SMARTS) is 2. The second-order valence-corrected chi connectivity index (χ2v) is 12.1. The Labute approximate surface area is 321 Å². The number of methoxy groups -OCH3 is 1. The zero-order valence-electron chi connectivity index (χ0n) is 32.2. The Bertz CT molecular complexity index is 1190. The second-order valence-electron chi connectivity index (χ2n) is 12.1. The molecule has 0 saturated heterocycles. The van der Waals surface area contributed by atoms with Crippen molar-refractivity contribution in [3.63, 3.8) is 0 Å². The van der Waals surface area contributed by atoms with E-state index in [0.717, 1.165) is 6.42 Å². The van der Waals surface area contributed by atoms with Crippen molar-refractivity contribution >= 4 is 47.4 Å². The van der Waals surface area contributed by atoms with Gasteiger partial charge < -0.3 is 65.8 Å². The van der Waals surface area contributed by atoms with E-state index < -0.39 is 60.0 Å². The Morgan fingerprint density at radius 1 is 0.582 bits per heavy atom. The number of rotatable bonds is 34. The molecule has 0 rings (SSSR count). The fraction of sp³-hybridized carbons (Fsp3) is 0.765. The number of aliphatic carboxylic acids is 2. The minimum atomic E-state index is -1.31. The van der Waals surface area contributed by atoms with E-state index >= 15 is 0 Å². The number of carbonyl (C=O) groups is 8. The first kappa shape index (κ1) is 50.6. The van der Waals surface area contributed by atoms with Crippen molar-refractivity contribution in [3.05, 3.63) is 0 Å². The third-order valence-electron chi connectivity index (χ3n) is 7.72. The van der Waals surface area contributed by atoms with Gasteiger partial charge in [0.15, 0.2) is 0 Å². The monoisotopic (exact) mass is 792 g/mol. The molecule has 0 heterocycles.